The van der Waals surface area contributed by atoms with Crippen LogP contribution in [0.4, 0.5) is 4.39 Å². The van der Waals surface area contributed by atoms with Gasteiger partial charge in [-0.25, -0.2) is 4.39 Å². The summed E-state index contributed by atoms with van der Waals surface area (Å²) in [5, 5.41) is 12.1. The summed E-state index contributed by atoms with van der Waals surface area (Å²) in [5.74, 6) is 0.451. The molecule has 1 saturated carbocycles. The molecule has 96 valence electrons. The van der Waals surface area contributed by atoms with Crippen LogP contribution in [0.5, 0.6) is 0 Å². The molecule has 3 heteroatoms. The van der Waals surface area contributed by atoms with Crippen LogP contribution in [0, 0.1) is 23.1 Å². The van der Waals surface area contributed by atoms with E-state index in [2.05, 4.69) is 5.32 Å². The minimum Gasteiger partial charge on any atom is -0.313 e. The molecule has 0 bridgehead atoms. The summed E-state index contributed by atoms with van der Waals surface area (Å²) in [4.78, 5) is 0. The van der Waals surface area contributed by atoms with Crippen molar-refractivity contribution >= 4 is 0 Å². The summed E-state index contributed by atoms with van der Waals surface area (Å²) >= 11 is 0. The Morgan fingerprint density at radius 3 is 2.83 bits per heavy atom. The lowest BCUT2D eigenvalue weighted by molar-refractivity contribution is 0.477. The zero-order chi connectivity index (χ0) is 12.8. The first-order valence-corrected chi connectivity index (χ1v) is 6.69. The largest absolute Gasteiger partial charge is 0.313 e. The number of rotatable bonds is 5. The van der Waals surface area contributed by atoms with E-state index in [0.717, 1.165) is 18.0 Å². The highest BCUT2D eigenvalue weighted by molar-refractivity contribution is 5.34. The van der Waals surface area contributed by atoms with Gasteiger partial charge in [0.15, 0.2) is 0 Å². The summed E-state index contributed by atoms with van der Waals surface area (Å²) in [6.45, 7) is 1.71. The molecule has 0 spiro atoms. The van der Waals surface area contributed by atoms with Crippen LogP contribution in [-0.4, -0.2) is 6.54 Å². The van der Waals surface area contributed by atoms with Crippen molar-refractivity contribution in [1.29, 1.82) is 5.26 Å². The van der Waals surface area contributed by atoms with Crippen molar-refractivity contribution in [2.45, 2.75) is 38.6 Å². The molecular weight excluding hydrogens is 227 g/mol. The van der Waals surface area contributed by atoms with E-state index in [4.69, 9.17) is 5.26 Å². The Labute approximate surface area is 108 Å². The van der Waals surface area contributed by atoms with E-state index in [-0.39, 0.29) is 5.56 Å². The highest BCUT2D eigenvalue weighted by atomic mass is 19.1. The molecule has 0 aliphatic heterocycles. The quantitative estimate of drug-likeness (QED) is 0.808. The molecule has 2 rings (SSSR count). The monoisotopic (exact) mass is 246 g/mol. The first-order chi connectivity index (χ1) is 8.79. The summed E-state index contributed by atoms with van der Waals surface area (Å²) in [7, 11) is 0. The van der Waals surface area contributed by atoms with Gasteiger partial charge < -0.3 is 5.32 Å². The lowest BCUT2D eigenvalue weighted by Crippen LogP contribution is -2.17. The van der Waals surface area contributed by atoms with Crippen molar-refractivity contribution in [2.24, 2.45) is 5.92 Å². The van der Waals surface area contributed by atoms with E-state index in [1.165, 1.54) is 38.2 Å². The average molecular weight is 246 g/mol. The maximum absolute atomic E-state index is 13.1. The van der Waals surface area contributed by atoms with Gasteiger partial charge >= 0.3 is 0 Å². The molecule has 1 aliphatic carbocycles. The summed E-state index contributed by atoms with van der Waals surface area (Å²) < 4.78 is 13.1. The Morgan fingerprint density at radius 2 is 2.11 bits per heavy atom. The molecule has 0 heterocycles. The Kier molecular flexibility index (Phi) is 4.72. The minimum atomic E-state index is -0.438. The number of nitrogens with one attached hydrogen (secondary N) is 1. The first kappa shape index (κ1) is 13.0. The van der Waals surface area contributed by atoms with Gasteiger partial charge in [-0.2, -0.15) is 5.26 Å². The molecule has 0 amide bonds. The van der Waals surface area contributed by atoms with Gasteiger partial charge in [0.1, 0.15) is 11.9 Å². The lowest BCUT2D eigenvalue weighted by Gasteiger charge is -2.10. The molecule has 0 radical (unpaired) electrons. The van der Waals surface area contributed by atoms with Crippen molar-refractivity contribution in [3.8, 4) is 6.07 Å². The molecule has 0 unspecified atom stereocenters. The highest BCUT2D eigenvalue weighted by Crippen LogP contribution is 2.26. The number of benzene rings is 1. The van der Waals surface area contributed by atoms with Gasteiger partial charge in [-0.1, -0.05) is 31.7 Å². The molecule has 1 fully saturated rings. The molecule has 1 N–H and O–H groups in total. The van der Waals surface area contributed by atoms with Crippen LogP contribution >= 0.6 is 0 Å². The van der Waals surface area contributed by atoms with Gasteiger partial charge in [-0.05, 0) is 36.6 Å². The zero-order valence-electron chi connectivity index (χ0n) is 10.6. The fraction of sp³-hybridized carbons (Fsp3) is 0.533. The molecule has 1 aromatic rings. The van der Waals surface area contributed by atoms with Crippen LogP contribution in [0.1, 0.15) is 43.2 Å². The highest BCUT2D eigenvalue weighted by Gasteiger charge is 2.13. The Hall–Kier alpha value is -1.40. The Balaban J connectivity index is 1.74. The second-order valence-corrected chi connectivity index (χ2v) is 5.04. The van der Waals surface area contributed by atoms with Gasteiger partial charge in [-0.3, -0.25) is 0 Å². The number of hydrogen-bond donors (Lipinski definition) is 1. The van der Waals surface area contributed by atoms with Crippen LogP contribution < -0.4 is 5.32 Å². The maximum atomic E-state index is 13.1. The Morgan fingerprint density at radius 1 is 1.33 bits per heavy atom. The standard InChI is InChI=1S/C15H19FN2/c16-15-6-5-13(9-14(15)10-17)11-18-8-7-12-3-1-2-4-12/h5-6,9,12,18H,1-4,7-8,11H2. The third kappa shape index (κ3) is 3.54. The molecular formula is C15H19FN2. The molecule has 1 aromatic carbocycles. The average Bonchev–Trinajstić information content (AvgIpc) is 2.89. The number of nitriles is 1. The number of nitrogens with zero attached hydrogens (tertiary/aromatic N) is 1. The third-order valence-electron chi connectivity index (χ3n) is 3.68. The predicted molar refractivity (Wildman–Crippen MR) is 69.4 cm³/mol. The van der Waals surface area contributed by atoms with Gasteiger partial charge in [0, 0.05) is 6.54 Å². The van der Waals surface area contributed by atoms with Crippen molar-refractivity contribution < 1.29 is 4.39 Å². The van der Waals surface area contributed by atoms with Crippen LogP contribution in [0.3, 0.4) is 0 Å². The van der Waals surface area contributed by atoms with Crippen molar-refractivity contribution in [3.63, 3.8) is 0 Å². The fourth-order valence-electron chi connectivity index (χ4n) is 2.61. The van der Waals surface area contributed by atoms with Gasteiger partial charge in [0.2, 0.25) is 0 Å². The normalized spacial score (nSPS) is 15.8. The van der Waals surface area contributed by atoms with E-state index in [0.29, 0.717) is 6.54 Å². The topological polar surface area (TPSA) is 35.8 Å². The fourth-order valence-corrected chi connectivity index (χ4v) is 2.61. The zero-order valence-corrected chi connectivity index (χ0v) is 10.6. The molecule has 2 nitrogen and oxygen atoms in total. The van der Waals surface area contributed by atoms with Gasteiger partial charge in [0.25, 0.3) is 0 Å². The van der Waals surface area contributed by atoms with Gasteiger partial charge in [0.05, 0.1) is 5.56 Å². The maximum Gasteiger partial charge on any atom is 0.140 e. The van der Waals surface area contributed by atoms with E-state index in [9.17, 15) is 4.39 Å². The smallest absolute Gasteiger partial charge is 0.140 e. The van der Waals surface area contributed by atoms with Crippen LogP contribution in [0.2, 0.25) is 0 Å². The molecule has 0 saturated heterocycles. The SMILES string of the molecule is N#Cc1cc(CNCCC2CCCC2)ccc1F. The second-order valence-electron chi connectivity index (χ2n) is 5.04. The Bertz CT molecular complexity index is 431. The minimum absolute atomic E-state index is 0.130. The van der Waals surface area contributed by atoms with Gasteiger partial charge in [-0.15, -0.1) is 0 Å². The van der Waals surface area contributed by atoms with E-state index in [1.54, 1.807) is 12.1 Å². The predicted octanol–water partition coefficient (Wildman–Crippen LogP) is 3.37. The molecule has 0 atom stereocenters. The van der Waals surface area contributed by atoms with E-state index >= 15 is 0 Å². The first-order valence-electron chi connectivity index (χ1n) is 6.69. The van der Waals surface area contributed by atoms with Crippen molar-refractivity contribution in [2.75, 3.05) is 6.54 Å². The molecule has 18 heavy (non-hydrogen) atoms. The lowest BCUT2D eigenvalue weighted by atomic mass is 10.0. The molecule has 1 aliphatic rings. The summed E-state index contributed by atoms with van der Waals surface area (Å²) in [6.07, 6.45) is 6.74. The molecule has 0 aromatic heterocycles. The summed E-state index contributed by atoms with van der Waals surface area (Å²) in [6, 6.07) is 6.59. The van der Waals surface area contributed by atoms with E-state index < -0.39 is 5.82 Å². The van der Waals surface area contributed by atoms with Crippen LogP contribution in [-0.2, 0) is 6.54 Å². The third-order valence-corrected chi connectivity index (χ3v) is 3.68. The van der Waals surface area contributed by atoms with Crippen molar-refractivity contribution in [3.05, 3.63) is 35.1 Å². The van der Waals surface area contributed by atoms with Crippen LogP contribution in [0.15, 0.2) is 18.2 Å². The van der Waals surface area contributed by atoms with Crippen LogP contribution in [0.25, 0.3) is 0 Å². The number of halogens is 1. The summed E-state index contributed by atoms with van der Waals surface area (Å²) in [5.41, 5.74) is 1.10. The van der Waals surface area contributed by atoms with Crippen molar-refractivity contribution in [1.82, 2.24) is 5.32 Å². The van der Waals surface area contributed by atoms with E-state index in [1.807, 2.05) is 6.07 Å². The second kappa shape index (κ2) is 6.51. The number of hydrogen-bond acceptors (Lipinski definition) is 2.